The average molecular weight is 555 g/mol. The highest BCUT2D eigenvalue weighted by atomic mass is 19.4. The Hall–Kier alpha value is -3.91. The molecule has 0 saturated carbocycles. The van der Waals surface area contributed by atoms with Gasteiger partial charge in [0.25, 0.3) is 0 Å². The van der Waals surface area contributed by atoms with Gasteiger partial charge in [-0.25, -0.2) is 4.39 Å². The van der Waals surface area contributed by atoms with Gasteiger partial charge in [0.1, 0.15) is 12.2 Å². The van der Waals surface area contributed by atoms with Crippen molar-refractivity contribution in [3.05, 3.63) is 70.9 Å². The summed E-state index contributed by atoms with van der Waals surface area (Å²) in [5.41, 5.74) is 3.29. The average Bonchev–Trinajstić information content (AvgIpc) is 3.30. The van der Waals surface area contributed by atoms with Gasteiger partial charge in [-0.05, 0) is 24.3 Å². The quantitative estimate of drug-likeness (QED) is 0.420. The smallest absolute Gasteiger partial charge is 0.368 e. The van der Waals surface area contributed by atoms with Crippen LogP contribution >= 0.6 is 0 Å². The van der Waals surface area contributed by atoms with Crippen LogP contribution in [0.4, 0.5) is 23.2 Å². The number of para-hydroxylation sites is 1. The van der Waals surface area contributed by atoms with Crippen LogP contribution in [0.3, 0.4) is 0 Å². The second kappa shape index (κ2) is 11.3. The van der Waals surface area contributed by atoms with Gasteiger partial charge in [-0.2, -0.15) is 23.5 Å². The number of aromatic nitrogens is 2. The lowest BCUT2D eigenvalue weighted by atomic mass is 10.00. The molecule has 11 heteroatoms. The number of hydrogen-bond acceptors (Lipinski definition) is 5. The first-order chi connectivity index (χ1) is 19.1. The number of alkyl halides is 4. The van der Waals surface area contributed by atoms with Crippen molar-refractivity contribution in [3.8, 4) is 17.3 Å². The van der Waals surface area contributed by atoms with Gasteiger partial charge in [0.05, 0.1) is 29.1 Å². The highest BCUT2D eigenvalue weighted by molar-refractivity contribution is 5.74. The number of halogens is 4. The van der Waals surface area contributed by atoms with Crippen LogP contribution in [0, 0.1) is 11.3 Å². The van der Waals surface area contributed by atoms with Crippen molar-refractivity contribution in [1.82, 2.24) is 19.6 Å². The highest BCUT2D eigenvalue weighted by Crippen LogP contribution is 2.34. The molecule has 1 aromatic heterocycles. The zero-order valence-electron chi connectivity index (χ0n) is 22.2. The number of amides is 1. The molecule has 3 aromatic rings. The maximum atomic E-state index is 15.4. The minimum atomic E-state index is -4.45. The van der Waals surface area contributed by atoms with Crippen molar-refractivity contribution in [1.29, 1.82) is 5.26 Å². The lowest BCUT2D eigenvalue weighted by Crippen LogP contribution is -2.48. The number of carbonyl (C=O) groups is 1. The van der Waals surface area contributed by atoms with Gasteiger partial charge >= 0.3 is 6.18 Å². The predicted octanol–water partition coefficient (Wildman–Crippen LogP) is 4.51. The zero-order chi connectivity index (χ0) is 28.4. The van der Waals surface area contributed by atoms with E-state index in [2.05, 4.69) is 21.0 Å². The molecule has 0 spiro atoms. The summed E-state index contributed by atoms with van der Waals surface area (Å²) in [5.74, 6) is -0.100. The zero-order valence-corrected chi connectivity index (χ0v) is 22.2. The molecule has 1 atom stereocenters. The molecule has 40 heavy (non-hydrogen) atoms. The summed E-state index contributed by atoms with van der Waals surface area (Å²) in [4.78, 5) is 17.9. The molecule has 2 aliphatic rings. The maximum Gasteiger partial charge on any atom is 0.416 e. The fourth-order valence-electron chi connectivity index (χ4n) is 5.50. The molecular weight excluding hydrogens is 524 g/mol. The second-order valence-corrected chi connectivity index (χ2v) is 10.2. The number of rotatable bonds is 6. The van der Waals surface area contributed by atoms with Crippen LogP contribution in [-0.4, -0.2) is 70.9 Å². The summed E-state index contributed by atoms with van der Waals surface area (Å²) in [7, 11) is 0. The van der Waals surface area contributed by atoms with Gasteiger partial charge in [0.15, 0.2) is 0 Å². The van der Waals surface area contributed by atoms with E-state index in [1.54, 1.807) is 15.6 Å². The molecule has 1 amide bonds. The minimum absolute atomic E-state index is 0.0144. The lowest BCUT2D eigenvalue weighted by molar-refractivity contribution is -0.137. The van der Waals surface area contributed by atoms with Crippen LogP contribution < -0.4 is 4.90 Å². The summed E-state index contributed by atoms with van der Waals surface area (Å²) in [6.45, 7) is 5.14. The van der Waals surface area contributed by atoms with Crippen LogP contribution in [0.5, 0.6) is 0 Å². The third kappa shape index (κ3) is 5.82. The molecule has 0 radical (unpaired) electrons. The summed E-state index contributed by atoms with van der Waals surface area (Å²) in [6, 6.07) is 14.4. The number of nitriles is 1. The Kier molecular flexibility index (Phi) is 7.81. The monoisotopic (exact) mass is 554 g/mol. The van der Waals surface area contributed by atoms with Crippen LogP contribution in [0.2, 0.25) is 0 Å². The number of anilines is 1. The molecule has 2 aromatic carbocycles. The van der Waals surface area contributed by atoms with E-state index in [4.69, 9.17) is 0 Å². The third-order valence-corrected chi connectivity index (χ3v) is 7.63. The Morgan fingerprint density at radius 1 is 1.02 bits per heavy atom. The fourth-order valence-corrected chi connectivity index (χ4v) is 5.50. The molecular formula is C29H30F4N6O. The molecule has 2 aliphatic heterocycles. The molecule has 0 bridgehead atoms. The van der Waals surface area contributed by atoms with Crippen molar-refractivity contribution < 1.29 is 22.4 Å². The third-order valence-electron chi connectivity index (χ3n) is 7.63. The standard InChI is InChI=1S/C29H30F4N6O/c1-20(40)38-11-10-27-25(19-38)28(21-6-8-23(9-7-21)29(31,32)33)35-39(27)18-24(30)17-36-12-14-37(15-13-36)26-5-3-2-4-22(26)16-34/h2-9,24H,10-15,17-19H2,1H3. The van der Waals surface area contributed by atoms with Crippen molar-refractivity contribution in [2.75, 3.05) is 44.2 Å². The van der Waals surface area contributed by atoms with Crippen molar-refractivity contribution >= 4 is 11.6 Å². The van der Waals surface area contributed by atoms with Crippen LogP contribution in [0.25, 0.3) is 11.3 Å². The second-order valence-electron chi connectivity index (χ2n) is 10.2. The largest absolute Gasteiger partial charge is 0.416 e. The Morgan fingerprint density at radius 2 is 1.73 bits per heavy atom. The number of fused-ring (bicyclic) bond motifs is 1. The fraction of sp³-hybridized carbons (Fsp3) is 0.414. The van der Waals surface area contributed by atoms with Crippen molar-refractivity contribution in [2.45, 2.75) is 38.8 Å². The van der Waals surface area contributed by atoms with E-state index in [1.165, 1.54) is 19.1 Å². The van der Waals surface area contributed by atoms with Crippen molar-refractivity contribution in [2.24, 2.45) is 0 Å². The molecule has 0 aliphatic carbocycles. The van der Waals surface area contributed by atoms with E-state index in [0.29, 0.717) is 56.0 Å². The Labute approximate surface area is 230 Å². The molecule has 1 fully saturated rings. The number of benzene rings is 2. The summed E-state index contributed by atoms with van der Waals surface area (Å²) >= 11 is 0. The van der Waals surface area contributed by atoms with E-state index in [0.717, 1.165) is 29.1 Å². The minimum Gasteiger partial charge on any atom is -0.368 e. The van der Waals surface area contributed by atoms with Gasteiger partial charge in [-0.15, -0.1) is 0 Å². The Bertz CT molecular complexity index is 1400. The maximum absolute atomic E-state index is 15.4. The Morgan fingerprint density at radius 3 is 2.38 bits per heavy atom. The molecule has 1 saturated heterocycles. The molecule has 5 rings (SSSR count). The number of piperazine rings is 1. The van der Waals surface area contributed by atoms with Crippen molar-refractivity contribution in [3.63, 3.8) is 0 Å². The van der Waals surface area contributed by atoms with E-state index < -0.39 is 17.9 Å². The molecule has 3 heterocycles. The van der Waals surface area contributed by atoms with Gasteiger partial charge in [-0.1, -0.05) is 24.3 Å². The predicted molar refractivity (Wildman–Crippen MR) is 142 cm³/mol. The van der Waals surface area contributed by atoms with E-state index in [1.807, 2.05) is 18.2 Å². The first kappa shape index (κ1) is 27.6. The van der Waals surface area contributed by atoms with E-state index in [-0.39, 0.29) is 25.5 Å². The number of nitrogens with zero attached hydrogens (tertiary/aromatic N) is 6. The van der Waals surface area contributed by atoms with Gasteiger partial charge in [0.2, 0.25) is 5.91 Å². The number of hydrogen-bond donors (Lipinski definition) is 0. The van der Waals surface area contributed by atoms with E-state index >= 15 is 4.39 Å². The van der Waals surface area contributed by atoms with Gasteiger partial charge in [-0.3, -0.25) is 14.4 Å². The van der Waals surface area contributed by atoms with Crippen LogP contribution in [-0.2, 0) is 30.5 Å². The topological polar surface area (TPSA) is 68.4 Å². The number of carbonyl (C=O) groups excluding carboxylic acids is 1. The molecule has 0 N–H and O–H groups in total. The van der Waals surface area contributed by atoms with Crippen LogP contribution in [0.1, 0.15) is 29.3 Å². The van der Waals surface area contributed by atoms with Gasteiger partial charge in [0, 0.05) is 76.0 Å². The first-order valence-corrected chi connectivity index (χ1v) is 13.3. The molecule has 1 unspecified atom stereocenters. The Balaban J connectivity index is 1.29. The van der Waals surface area contributed by atoms with Gasteiger partial charge < -0.3 is 9.80 Å². The normalized spacial score (nSPS) is 16.9. The van der Waals surface area contributed by atoms with E-state index in [9.17, 15) is 23.2 Å². The summed E-state index contributed by atoms with van der Waals surface area (Å²) in [5, 5.41) is 14.0. The summed E-state index contributed by atoms with van der Waals surface area (Å²) < 4.78 is 56.3. The lowest BCUT2D eigenvalue weighted by Gasteiger charge is -2.37. The highest BCUT2D eigenvalue weighted by Gasteiger charge is 2.32. The molecule has 210 valence electrons. The molecule has 7 nitrogen and oxygen atoms in total. The summed E-state index contributed by atoms with van der Waals surface area (Å²) in [6.07, 6.45) is -5.17. The first-order valence-electron chi connectivity index (χ1n) is 13.3. The van der Waals surface area contributed by atoms with Crippen LogP contribution in [0.15, 0.2) is 48.5 Å². The SMILES string of the molecule is CC(=O)N1CCc2c(c(-c3ccc(C(F)(F)F)cc3)nn2CC(F)CN2CCN(c3ccccc3C#N)CC2)C1.